The highest BCUT2D eigenvalue weighted by Crippen LogP contribution is 2.16. The Hall–Kier alpha value is -0.750. The van der Waals surface area contributed by atoms with E-state index in [1.54, 1.807) is 28.8 Å². The summed E-state index contributed by atoms with van der Waals surface area (Å²) in [6.07, 6.45) is 1.65. The van der Waals surface area contributed by atoms with Gasteiger partial charge in [0, 0.05) is 32.9 Å². The second kappa shape index (κ2) is 6.43. The van der Waals surface area contributed by atoms with Crippen LogP contribution in [0.3, 0.4) is 0 Å². The van der Waals surface area contributed by atoms with Crippen LogP contribution in [0.5, 0.6) is 0 Å². The Balaban J connectivity index is 0.00000162. The van der Waals surface area contributed by atoms with Crippen LogP contribution in [-0.4, -0.2) is 47.7 Å². The second-order valence-corrected chi connectivity index (χ2v) is 4.57. The van der Waals surface area contributed by atoms with E-state index >= 15 is 0 Å². The number of nitrogens with zero attached hydrogens (tertiary/aromatic N) is 2. The Morgan fingerprint density at radius 1 is 1.67 bits per heavy atom. The van der Waals surface area contributed by atoms with E-state index in [0.29, 0.717) is 37.0 Å². The van der Waals surface area contributed by atoms with Gasteiger partial charge in [-0.2, -0.15) is 0 Å². The van der Waals surface area contributed by atoms with E-state index in [-0.39, 0.29) is 24.4 Å². The normalized spacial score (nSPS) is 19.5. The monoisotopic (exact) mass is 293 g/mol. The van der Waals surface area contributed by atoms with Crippen molar-refractivity contribution in [2.75, 3.05) is 26.2 Å². The standard InChI is InChI=1S/C11H16ClN3O2.ClH/c1-14-6-8(12)4-10(14)11(16)15-2-3-17-9(5-13)7-15;/h4,6,9H,2-3,5,7,13H2,1H3;1H. The molecule has 0 aliphatic carbocycles. The molecule has 1 aliphatic heterocycles. The molecule has 0 spiro atoms. The molecule has 1 atom stereocenters. The van der Waals surface area contributed by atoms with Crippen LogP contribution in [0.25, 0.3) is 0 Å². The Morgan fingerprint density at radius 2 is 2.39 bits per heavy atom. The van der Waals surface area contributed by atoms with E-state index in [9.17, 15) is 4.79 Å². The van der Waals surface area contributed by atoms with Crippen molar-refractivity contribution in [2.24, 2.45) is 12.8 Å². The molecule has 0 saturated carbocycles. The first-order chi connectivity index (χ1) is 8.11. The van der Waals surface area contributed by atoms with E-state index in [1.807, 2.05) is 0 Å². The van der Waals surface area contributed by atoms with Crippen LogP contribution in [-0.2, 0) is 11.8 Å². The van der Waals surface area contributed by atoms with E-state index < -0.39 is 0 Å². The minimum atomic E-state index is -0.0663. The van der Waals surface area contributed by atoms with Crippen LogP contribution in [0.15, 0.2) is 12.3 Å². The third-order valence-corrected chi connectivity index (χ3v) is 3.09. The average molecular weight is 294 g/mol. The van der Waals surface area contributed by atoms with Crippen LogP contribution in [0.4, 0.5) is 0 Å². The maximum absolute atomic E-state index is 12.2. The molecule has 0 aromatic carbocycles. The first-order valence-corrected chi connectivity index (χ1v) is 5.92. The van der Waals surface area contributed by atoms with Crippen LogP contribution < -0.4 is 5.73 Å². The van der Waals surface area contributed by atoms with Crippen LogP contribution in [0.2, 0.25) is 5.02 Å². The van der Waals surface area contributed by atoms with Gasteiger partial charge in [-0.1, -0.05) is 11.6 Å². The van der Waals surface area contributed by atoms with Crippen LogP contribution >= 0.6 is 24.0 Å². The summed E-state index contributed by atoms with van der Waals surface area (Å²) in [5.41, 5.74) is 6.14. The number of rotatable bonds is 2. The lowest BCUT2D eigenvalue weighted by Crippen LogP contribution is -2.48. The molecule has 7 heteroatoms. The molecule has 0 bridgehead atoms. The van der Waals surface area contributed by atoms with Gasteiger partial charge in [0.15, 0.2) is 0 Å². The molecule has 1 aromatic heterocycles. The van der Waals surface area contributed by atoms with Crippen molar-refractivity contribution in [1.82, 2.24) is 9.47 Å². The van der Waals surface area contributed by atoms with Gasteiger partial charge in [-0.3, -0.25) is 4.79 Å². The summed E-state index contributed by atoms with van der Waals surface area (Å²) in [6.45, 7) is 2.10. The van der Waals surface area contributed by atoms with Gasteiger partial charge in [0.05, 0.1) is 17.7 Å². The predicted octanol–water partition coefficient (Wildman–Crippen LogP) is 0.900. The highest BCUT2D eigenvalue weighted by atomic mass is 35.5. The predicted molar refractivity (Wildman–Crippen MR) is 72.4 cm³/mol. The number of carbonyl (C=O) groups excluding carboxylic acids is 1. The molecule has 1 saturated heterocycles. The van der Waals surface area contributed by atoms with Gasteiger partial charge in [-0.25, -0.2) is 0 Å². The minimum Gasteiger partial charge on any atom is -0.373 e. The Morgan fingerprint density at radius 3 is 2.94 bits per heavy atom. The molecular formula is C11H17Cl2N3O2. The van der Waals surface area contributed by atoms with Crippen molar-refractivity contribution in [2.45, 2.75) is 6.10 Å². The maximum Gasteiger partial charge on any atom is 0.270 e. The fourth-order valence-corrected chi connectivity index (χ4v) is 2.19. The summed E-state index contributed by atoms with van der Waals surface area (Å²) in [4.78, 5) is 14.0. The summed E-state index contributed by atoms with van der Waals surface area (Å²) in [5, 5.41) is 0.569. The molecule has 5 nitrogen and oxygen atoms in total. The first kappa shape index (κ1) is 15.3. The number of hydrogen-bond acceptors (Lipinski definition) is 3. The molecule has 2 heterocycles. The zero-order valence-corrected chi connectivity index (χ0v) is 11.7. The van der Waals surface area contributed by atoms with Crippen molar-refractivity contribution in [3.05, 3.63) is 23.0 Å². The lowest BCUT2D eigenvalue weighted by Gasteiger charge is -2.32. The van der Waals surface area contributed by atoms with Crippen molar-refractivity contribution >= 4 is 29.9 Å². The summed E-state index contributed by atoms with van der Waals surface area (Å²) < 4.78 is 7.16. The van der Waals surface area contributed by atoms with Crippen molar-refractivity contribution in [3.63, 3.8) is 0 Å². The van der Waals surface area contributed by atoms with Gasteiger partial charge < -0.3 is 19.9 Å². The molecule has 2 N–H and O–H groups in total. The summed E-state index contributed by atoms with van der Waals surface area (Å²) >= 11 is 5.87. The molecule has 102 valence electrons. The molecule has 1 unspecified atom stereocenters. The fraction of sp³-hybridized carbons (Fsp3) is 0.545. The van der Waals surface area contributed by atoms with Crippen LogP contribution in [0, 0.1) is 0 Å². The molecule has 0 radical (unpaired) electrons. The van der Waals surface area contributed by atoms with E-state index in [0.717, 1.165) is 0 Å². The highest BCUT2D eigenvalue weighted by molar-refractivity contribution is 6.31. The average Bonchev–Trinajstić information content (AvgIpc) is 2.67. The summed E-state index contributed by atoms with van der Waals surface area (Å²) in [5.74, 6) is -0.0267. The van der Waals surface area contributed by atoms with Gasteiger partial charge >= 0.3 is 0 Å². The number of aromatic nitrogens is 1. The Kier molecular flexibility index (Phi) is 5.47. The molecule has 1 aliphatic rings. The Bertz CT molecular complexity index is 422. The third-order valence-electron chi connectivity index (χ3n) is 2.88. The van der Waals surface area contributed by atoms with Gasteiger partial charge in [-0.05, 0) is 6.07 Å². The first-order valence-electron chi connectivity index (χ1n) is 5.54. The minimum absolute atomic E-state index is 0. The molecule has 1 fully saturated rings. The van der Waals surface area contributed by atoms with E-state index in [4.69, 9.17) is 22.1 Å². The molecule has 18 heavy (non-hydrogen) atoms. The van der Waals surface area contributed by atoms with Crippen molar-refractivity contribution in [3.8, 4) is 0 Å². The van der Waals surface area contributed by atoms with Crippen molar-refractivity contribution in [1.29, 1.82) is 0 Å². The molecular weight excluding hydrogens is 277 g/mol. The molecule has 1 amide bonds. The zero-order chi connectivity index (χ0) is 12.4. The largest absolute Gasteiger partial charge is 0.373 e. The topological polar surface area (TPSA) is 60.5 Å². The highest BCUT2D eigenvalue weighted by Gasteiger charge is 2.25. The quantitative estimate of drug-likeness (QED) is 0.881. The Labute approximate surface area is 117 Å². The number of morpholine rings is 1. The fourth-order valence-electron chi connectivity index (χ4n) is 1.95. The van der Waals surface area contributed by atoms with E-state index in [1.165, 1.54) is 0 Å². The number of hydrogen-bond donors (Lipinski definition) is 1. The van der Waals surface area contributed by atoms with Crippen LogP contribution in [0.1, 0.15) is 10.5 Å². The number of nitrogens with two attached hydrogens (primary N) is 1. The maximum atomic E-state index is 12.2. The smallest absolute Gasteiger partial charge is 0.270 e. The SMILES string of the molecule is Cl.Cn1cc(Cl)cc1C(=O)N1CCOC(CN)C1. The van der Waals surface area contributed by atoms with Gasteiger partial charge in [0.1, 0.15) is 5.69 Å². The van der Waals surface area contributed by atoms with Gasteiger partial charge in [-0.15, -0.1) is 12.4 Å². The number of amides is 1. The molecule has 1 aromatic rings. The second-order valence-electron chi connectivity index (χ2n) is 4.13. The number of carbonyl (C=O) groups is 1. The number of halogens is 2. The van der Waals surface area contributed by atoms with Crippen molar-refractivity contribution < 1.29 is 9.53 Å². The molecule has 2 rings (SSSR count). The van der Waals surface area contributed by atoms with Gasteiger partial charge in [0.2, 0.25) is 0 Å². The third kappa shape index (κ3) is 3.17. The summed E-state index contributed by atoms with van der Waals surface area (Å²) in [7, 11) is 1.81. The van der Waals surface area contributed by atoms with Gasteiger partial charge in [0.25, 0.3) is 5.91 Å². The number of ether oxygens (including phenoxy) is 1. The lowest BCUT2D eigenvalue weighted by atomic mass is 10.2. The summed E-state index contributed by atoms with van der Waals surface area (Å²) in [6, 6.07) is 1.68. The zero-order valence-electron chi connectivity index (χ0n) is 10.1. The lowest BCUT2D eigenvalue weighted by molar-refractivity contribution is -0.0170. The van der Waals surface area contributed by atoms with E-state index in [2.05, 4.69) is 0 Å². The number of aryl methyl sites for hydroxylation is 1.